The van der Waals surface area contributed by atoms with Crippen LogP contribution in [0.4, 0.5) is 0 Å². The molecule has 1 aliphatic heterocycles. The maximum atomic E-state index is 13.0. The van der Waals surface area contributed by atoms with Crippen LogP contribution in [0.15, 0.2) is 6.20 Å². The van der Waals surface area contributed by atoms with Gasteiger partial charge in [-0.15, -0.1) is 0 Å². The van der Waals surface area contributed by atoms with Crippen molar-refractivity contribution in [3.63, 3.8) is 0 Å². The van der Waals surface area contributed by atoms with Crippen LogP contribution in [0.25, 0.3) is 0 Å². The van der Waals surface area contributed by atoms with Crippen molar-refractivity contribution in [3.8, 4) is 0 Å². The second-order valence-corrected chi connectivity index (χ2v) is 7.54. The van der Waals surface area contributed by atoms with Crippen LogP contribution in [-0.4, -0.2) is 41.1 Å². The number of ether oxygens (including phenoxy) is 1. The van der Waals surface area contributed by atoms with E-state index < -0.39 is 5.41 Å². The first-order chi connectivity index (χ1) is 11.7. The van der Waals surface area contributed by atoms with Crippen LogP contribution in [0.5, 0.6) is 0 Å². The van der Waals surface area contributed by atoms with Crippen LogP contribution < -0.4 is 5.32 Å². The Morgan fingerprint density at radius 3 is 2.62 bits per heavy atom. The summed E-state index contributed by atoms with van der Waals surface area (Å²) in [7, 11) is 0. The number of hydrogen-bond donors (Lipinski definition) is 2. The third-order valence-corrected chi connectivity index (χ3v) is 6.01. The molecule has 0 aromatic carbocycles. The fourth-order valence-corrected chi connectivity index (χ4v) is 4.17. The van der Waals surface area contributed by atoms with Crippen molar-refractivity contribution in [2.75, 3.05) is 19.8 Å². The van der Waals surface area contributed by atoms with Gasteiger partial charge in [-0.05, 0) is 37.5 Å². The molecule has 134 valence electrons. The highest BCUT2D eigenvalue weighted by Crippen LogP contribution is 2.35. The summed E-state index contributed by atoms with van der Waals surface area (Å²) in [4.78, 5) is 13.0. The second-order valence-electron chi connectivity index (χ2n) is 7.54. The number of H-pyrrole nitrogens is 1. The summed E-state index contributed by atoms with van der Waals surface area (Å²) in [5, 5.41) is 13.9. The normalized spacial score (nSPS) is 26.9. The van der Waals surface area contributed by atoms with Gasteiger partial charge in [0, 0.05) is 26.2 Å². The van der Waals surface area contributed by atoms with Crippen LogP contribution in [0.3, 0.4) is 0 Å². The molecule has 1 aromatic rings. The van der Waals surface area contributed by atoms with E-state index in [4.69, 9.17) is 4.74 Å². The minimum atomic E-state index is -0.393. The summed E-state index contributed by atoms with van der Waals surface area (Å²) >= 11 is 0. The van der Waals surface area contributed by atoms with Crippen molar-refractivity contribution in [2.45, 2.75) is 58.3 Å². The van der Waals surface area contributed by atoms with E-state index in [0.29, 0.717) is 25.6 Å². The van der Waals surface area contributed by atoms with Crippen LogP contribution in [0, 0.1) is 17.3 Å². The van der Waals surface area contributed by atoms with Gasteiger partial charge in [-0.25, -0.2) is 0 Å². The third-order valence-electron chi connectivity index (χ3n) is 6.01. The van der Waals surface area contributed by atoms with E-state index in [1.54, 1.807) is 6.20 Å². The molecule has 1 aliphatic carbocycles. The van der Waals surface area contributed by atoms with Crippen LogP contribution in [0.1, 0.15) is 57.6 Å². The maximum Gasteiger partial charge on any atom is 0.226 e. The van der Waals surface area contributed by atoms with Gasteiger partial charge >= 0.3 is 0 Å². The average Bonchev–Trinajstić information content (AvgIpc) is 3.13. The number of hydrogen-bond acceptors (Lipinski definition) is 4. The molecule has 1 saturated heterocycles. The molecule has 2 fully saturated rings. The molecule has 6 heteroatoms. The van der Waals surface area contributed by atoms with Gasteiger partial charge in [0.25, 0.3) is 0 Å². The molecule has 3 rings (SSSR count). The first kappa shape index (κ1) is 17.4. The lowest BCUT2D eigenvalue weighted by molar-refractivity contribution is -0.137. The van der Waals surface area contributed by atoms with Crippen molar-refractivity contribution >= 4 is 5.91 Å². The van der Waals surface area contributed by atoms with Crippen LogP contribution in [0.2, 0.25) is 0 Å². The zero-order chi connectivity index (χ0) is 16.8. The maximum absolute atomic E-state index is 13.0. The molecule has 0 spiro atoms. The van der Waals surface area contributed by atoms with Gasteiger partial charge < -0.3 is 10.1 Å². The highest BCUT2D eigenvalue weighted by molar-refractivity contribution is 5.83. The molecule has 2 aliphatic rings. The second kappa shape index (κ2) is 8.10. The van der Waals surface area contributed by atoms with Crippen molar-refractivity contribution in [1.82, 2.24) is 20.7 Å². The highest BCUT2D eigenvalue weighted by atomic mass is 16.5. The minimum Gasteiger partial charge on any atom is -0.381 e. The van der Waals surface area contributed by atoms with Crippen molar-refractivity contribution in [2.24, 2.45) is 17.3 Å². The molecule has 2 heterocycles. The number of rotatable bonds is 6. The molecule has 6 nitrogen and oxygen atoms in total. The standard InChI is InChI=1S/C18H30N4O2/c1-2-14-3-5-15(6-4-14)12-19-17(23)18(7-9-24-10-8-18)11-16-13-20-22-21-16/h13-15H,2-12H2,1H3,(H,19,23)(H,20,21,22). The molecular weight excluding hydrogens is 304 g/mol. The number of nitrogens with zero attached hydrogens (tertiary/aromatic N) is 2. The largest absolute Gasteiger partial charge is 0.381 e. The van der Waals surface area contributed by atoms with Gasteiger partial charge in [0.1, 0.15) is 0 Å². The van der Waals surface area contributed by atoms with Crippen LogP contribution in [-0.2, 0) is 16.0 Å². The molecule has 0 atom stereocenters. The van der Waals surface area contributed by atoms with Gasteiger partial charge in [-0.2, -0.15) is 15.4 Å². The first-order valence-electron chi connectivity index (χ1n) is 9.42. The number of carbonyl (C=O) groups is 1. The summed E-state index contributed by atoms with van der Waals surface area (Å²) < 4.78 is 5.49. The van der Waals surface area contributed by atoms with Crippen molar-refractivity contribution in [3.05, 3.63) is 11.9 Å². The molecule has 1 aromatic heterocycles. The summed E-state index contributed by atoms with van der Waals surface area (Å²) in [6, 6.07) is 0. The van der Waals surface area contributed by atoms with Gasteiger partial charge in [-0.3, -0.25) is 4.79 Å². The number of carbonyl (C=O) groups excluding carboxylic acids is 1. The summed E-state index contributed by atoms with van der Waals surface area (Å²) in [5.41, 5.74) is 0.464. The zero-order valence-corrected chi connectivity index (χ0v) is 14.7. The predicted octanol–water partition coefficient (Wildman–Crippen LogP) is 2.48. The lowest BCUT2D eigenvalue weighted by atomic mass is 9.75. The molecule has 1 saturated carbocycles. The Morgan fingerprint density at radius 1 is 1.29 bits per heavy atom. The van der Waals surface area contributed by atoms with E-state index in [1.807, 2.05) is 0 Å². The van der Waals surface area contributed by atoms with Crippen molar-refractivity contribution in [1.29, 1.82) is 0 Å². The zero-order valence-electron chi connectivity index (χ0n) is 14.7. The quantitative estimate of drug-likeness (QED) is 0.837. The fraction of sp³-hybridized carbons (Fsp3) is 0.833. The SMILES string of the molecule is CCC1CCC(CNC(=O)C2(Cc3cn[nH]n3)CCOCC2)CC1. The number of aromatic amines is 1. The Bertz CT molecular complexity index is 503. The molecule has 0 bridgehead atoms. The van der Waals surface area contributed by atoms with Gasteiger partial charge in [0.15, 0.2) is 0 Å². The topological polar surface area (TPSA) is 79.9 Å². The van der Waals surface area contributed by atoms with E-state index in [9.17, 15) is 4.79 Å². The van der Waals surface area contributed by atoms with E-state index in [-0.39, 0.29) is 5.91 Å². The molecule has 2 N–H and O–H groups in total. The number of nitrogens with one attached hydrogen (secondary N) is 2. The Kier molecular flexibility index (Phi) is 5.87. The fourth-order valence-electron chi connectivity index (χ4n) is 4.17. The van der Waals surface area contributed by atoms with Crippen molar-refractivity contribution < 1.29 is 9.53 Å². The third kappa shape index (κ3) is 4.15. The minimum absolute atomic E-state index is 0.173. The van der Waals surface area contributed by atoms with E-state index in [0.717, 1.165) is 31.0 Å². The Hall–Kier alpha value is -1.43. The monoisotopic (exact) mass is 334 g/mol. The summed E-state index contributed by atoms with van der Waals surface area (Å²) in [5.74, 6) is 1.71. The van der Waals surface area contributed by atoms with E-state index in [1.165, 1.54) is 32.1 Å². The Labute approximate surface area is 144 Å². The van der Waals surface area contributed by atoms with E-state index >= 15 is 0 Å². The lowest BCUT2D eigenvalue weighted by Gasteiger charge is -2.36. The molecule has 0 unspecified atom stereocenters. The van der Waals surface area contributed by atoms with Gasteiger partial charge in [0.2, 0.25) is 5.91 Å². The van der Waals surface area contributed by atoms with E-state index in [2.05, 4.69) is 27.7 Å². The number of aromatic nitrogens is 3. The molecule has 1 amide bonds. The highest BCUT2D eigenvalue weighted by Gasteiger charge is 2.41. The molecular formula is C18H30N4O2. The Balaban J connectivity index is 1.56. The number of amides is 1. The lowest BCUT2D eigenvalue weighted by Crippen LogP contribution is -2.47. The molecule has 0 radical (unpaired) electrons. The van der Waals surface area contributed by atoms with Crippen LogP contribution >= 0.6 is 0 Å². The van der Waals surface area contributed by atoms with Gasteiger partial charge in [-0.1, -0.05) is 26.2 Å². The first-order valence-corrected chi connectivity index (χ1v) is 9.42. The molecule has 24 heavy (non-hydrogen) atoms. The average molecular weight is 334 g/mol. The smallest absolute Gasteiger partial charge is 0.226 e. The van der Waals surface area contributed by atoms with Gasteiger partial charge in [0.05, 0.1) is 17.3 Å². The summed E-state index contributed by atoms with van der Waals surface area (Å²) in [6.45, 7) is 4.39. The Morgan fingerprint density at radius 2 is 2.00 bits per heavy atom. The summed E-state index contributed by atoms with van der Waals surface area (Å²) in [6.07, 6.45) is 10.3. The predicted molar refractivity (Wildman–Crippen MR) is 91.3 cm³/mol.